The third-order valence-electron chi connectivity index (χ3n) is 6.02. The third kappa shape index (κ3) is 3.71. The Bertz CT molecular complexity index is 668. The van der Waals surface area contributed by atoms with Crippen molar-refractivity contribution < 1.29 is 5.11 Å². The number of nitrogen functional groups attached to an aromatic ring is 1. The average molecular weight is 329 g/mol. The van der Waals surface area contributed by atoms with Gasteiger partial charge in [-0.3, -0.25) is 0 Å². The molecule has 24 heavy (non-hydrogen) atoms. The van der Waals surface area contributed by atoms with E-state index in [1.807, 2.05) is 6.20 Å². The number of phenolic OH excluding ortho intramolecular Hbond substituents is 1. The minimum absolute atomic E-state index is 0.208. The molecule has 3 nitrogen and oxygen atoms in total. The first kappa shape index (κ1) is 17.2. The number of nitrogens with one attached hydrogen (secondary N) is 1. The molecule has 2 fully saturated rings. The normalized spacial score (nSPS) is 26.5. The van der Waals surface area contributed by atoms with Crippen molar-refractivity contribution in [3.8, 4) is 5.75 Å². The fourth-order valence-electron chi connectivity index (χ4n) is 4.31. The molecule has 2 saturated carbocycles. The lowest BCUT2D eigenvalue weighted by Crippen LogP contribution is -2.32. The summed E-state index contributed by atoms with van der Waals surface area (Å²) in [7, 11) is 0. The van der Waals surface area contributed by atoms with E-state index in [-0.39, 0.29) is 5.75 Å². The summed E-state index contributed by atoms with van der Waals surface area (Å²) in [6, 6.07) is 2.61. The van der Waals surface area contributed by atoms with Crippen molar-refractivity contribution >= 4 is 18.5 Å². The van der Waals surface area contributed by atoms with E-state index in [0.717, 1.165) is 16.4 Å². The standard InChI is InChI=1S/C21H32N2O/c1-14-8-10-17(11-9-14)23-13-19-18(16-6-4-3-5-7-16)12-15(2)20(22)21(19)24/h12-14,16-17,23-24H,2-11,22H2,1H3/b19-13+. The van der Waals surface area contributed by atoms with Gasteiger partial charge in [0, 0.05) is 17.5 Å². The first-order valence-corrected chi connectivity index (χ1v) is 9.62. The second kappa shape index (κ2) is 7.50. The average Bonchev–Trinajstić information content (AvgIpc) is 2.61. The lowest BCUT2D eigenvalue weighted by molar-refractivity contribution is 0.330. The minimum Gasteiger partial charge on any atom is -0.505 e. The number of nitrogens with two attached hydrogens (primary N) is 1. The highest BCUT2D eigenvalue weighted by atomic mass is 16.3. The number of rotatable bonds is 3. The predicted octanol–water partition coefficient (Wildman–Crippen LogP) is 3.34. The molecule has 1 aromatic rings. The minimum atomic E-state index is 0.208. The van der Waals surface area contributed by atoms with Crippen molar-refractivity contribution in [3.63, 3.8) is 0 Å². The molecule has 3 rings (SSSR count). The maximum atomic E-state index is 10.6. The Balaban J connectivity index is 1.90. The van der Waals surface area contributed by atoms with Crippen LogP contribution in [-0.2, 0) is 0 Å². The highest BCUT2D eigenvalue weighted by Gasteiger charge is 2.20. The fourth-order valence-corrected chi connectivity index (χ4v) is 4.31. The van der Waals surface area contributed by atoms with Gasteiger partial charge in [0.15, 0.2) is 0 Å². The molecule has 0 aromatic heterocycles. The molecule has 0 unspecified atom stereocenters. The molecular weight excluding hydrogens is 296 g/mol. The second-order valence-corrected chi connectivity index (χ2v) is 7.90. The largest absolute Gasteiger partial charge is 0.505 e. The van der Waals surface area contributed by atoms with E-state index in [2.05, 4.69) is 24.9 Å². The van der Waals surface area contributed by atoms with E-state index in [1.165, 1.54) is 63.4 Å². The van der Waals surface area contributed by atoms with Gasteiger partial charge in [-0.25, -0.2) is 0 Å². The van der Waals surface area contributed by atoms with Crippen molar-refractivity contribution in [2.45, 2.75) is 76.7 Å². The summed E-state index contributed by atoms with van der Waals surface area (Å²) in [4.78, 5) is 0. The number of aromatic hydroxyl groups is 1. The number of benzene rings is 1. The molecule has 2 aliphatic rings. The Morgan fingerprint density at radius 2 is 1.79 bits per heavy atom. The maximum Gasteiger partial charge on any atom is 0.148 e. The first-order chi connectivity index (χ1) is 11.6. The highest BCUT2D eigenvalue weighted by Crippen LogP contribution is 2.31. The third-order valence-corrected chi connectivity index (χ3v) is 6.02. The molecule has 1 aromatic carbocycles. The molecule has 2 aliphatic carbocycles. The van der Waals surface area contributed by atoms with Gasteiger partial charge in [-0.15, -0.1) is 0 Å². The van der Waals surface area contributed by atoms with E-state index in [4.69, 9.17) is 5.73 Å². The van der Waals surface area contributed by atoms with Crippen LogP contribution in [0.1, 0.15) is 76.2 Å². The fraction of sp³-hybridized carbons (Fsp3) is 0.619. The summed E-state index contributed by atoms with van der Waals surface area (Å²) in [6.07, 6.45) is 13.3. The molecule has 132 valence electrons. The van der Waals surface area contributed by atoms with Crippen molar-refractivity contribution in [2.24, 2.45) is 5.92 Å². The Morgan fingerprint density at radius 1 is 1.12 bits per heavy atom. The van der Waals surface area contributed by atoms with Crippen molar-refractivity contribution in [1.29, 1.82) is 0 Å². The highest BCUT2D eigenvalue weighted by molar-refractivity contribution is 5.58. The van der Waals surface area contributed by atoms with Crippen LogP contribution in [0.3, 0.4) is 0 Å². The van der Waals surface area contributed by atoms with Crippen molar-refractivity contribution in [2.75, 3.05) is 5.73 Å². The molecule has 0 spiro atoms. The zero-order valence-electron chi connectivity index (χ0n) is 15.0. The molecule has 0 aliphatic heterocycles. The van der Waals surface area contributed by atoms with Gasteiger partial charge in [-0.2, -0.15) is 0 Å². The summed E-state index contributed by atoms with van der Waals surface area (Å²) in [5.41, 5.74) is 7.69. The van der Waals surface area contributed by atoms with Crippen molar-refractivity contribution in [3.05, 3.63) is 22.1 Å². The summed E-state index contributed by atoms with van der Waals surface area (Å²) < 4.78 is 0. The van der Waals surface area contributed by atoms with Crippen LogP contribution in [0, 0.1) is 5.92 Å². The van der Waals surface area contributed by atoms with Gasteiger partial charge >= 0.3 is 0 Å². The molecule has 0 radical (unpaired) electrons. The van der Waals surface area contributed by atoms with Gasteiger partial charge in [-0.1, -0.05) is 32.8 Å². The van der Waals surface area contributed by atoms with E-state index in [9.17, 15) is 5.11 Å². The first-order valence-electron chi connectivity index (χ1n) is 9.62. The SMILES string of the molecule is C=c1cc(C2CCCCC2)/c(=C\NC2CCC(C)CC2)c(O)c1N. The van der Waals surface area contributed by atoms with E-state index < -0.39 is 0 Å². The molecular formula is C21H32N2O. The number of hydrogen-bond donors (Lipinski definition) is 3. The molecule has 4 N–H and O–H groups in total. The Kier molecular flexibility index (Phi) is 5.37. The number of hydrogen-bond acceptors (Lipinski definition) is 3. The molecule has 0 saturated heterocycles. The van der Waals surface area contributed by atoms with Crippen LogP contribution in [0.25, 0.3) is 12.8 Å². The van der Waals surface area contributed by atoms with Gasteiger partial charge in [0.1, 0.15) is 5.75 Å². The Morgan fingerprint density at radius 3 is 2.46 bits per heavy atom. The molecule has 3 heteroatoms. The van der Waals surface area contributed by atoms with Crippen LogP contribution >= 0.6 is 0 Å². The molecule has 0 heterocycles. The van der Waals surface area contributed by atoms with Crippen LogP contribution in [-0.4, -0.2) is 11.1 Å². The number of anilines is 1. The second-order valence-electron chi connectivity index (χ2n) is 7.90. The summed E-state index contributed by atoms with van der Waals surface area (Å²) >= 11 is 0. The monoisotopic (exact) mass is 328 g/mol. The van der Waals surface area contributed by atoms with Gasteiger partial charge < -0.3 is 16.2 Å². The van der Waals surface area contributed by atoms with Crippen LogP contribution in [0.2, 0.25) is 0 Å². The predicted molar refractivity (Wildman–Crippen MR) is 102 cm³/mol. The van der Waals surface area contributed by atoms with Gasteiger partial charge in [-0.05, 0) is 67.2 Å². The Labute approximate surface area is 145 Å². The van der Waals surface area contributed by atoms with Crippen molar-refractivity contribution in [1.82, 2.24) is 5.32 Å². The van der Waals surface area contributed by atoms with Crippen LogP contribution in [0.4, 0.5) is 5.69 Å². The van der Waals surface area contributed by atoms with Crippen LogP contribution < -0.4 is 21.5 Å². The lowest BCUT2D eigenvalue weighted by Gasteiger charge is -2.27. The summed E-state index contributed by atoms with van der Waals surface area (Å²) in [5.74, 6) is 1.57. The Hall–Kier alpha value is -1.64. The van der Waals surface area contributed by atoms with Crippen LogP contribution in [0.15, 0.2) is 6.07 Å². The molecule has 0 bridgehead atoms. The maximum absolute atomic E-state index is 10.6. The van der Waals surface area contributed by atoms with E-state index >= 15 is 0 Å². The lowest BCUT2D eigenvalue weighted by atomic mass is 9.82. The zero-order chi connectivity index (χ0) is 17.1. The molecule has 0 amide bonds. The van der Waals surface area contributed by atoms with E-state index in [0.29, 0.717) is 17.6 Å². The summed E-state index contributed by atoms with van der Waals surface area (Å²) in [6.45, 7) is 6.35. The van der Waals surface area contributed by atoms with Gasteiger partial charge in [0.2, 0.25) is 0 Å². The zero-order valence-corrected chi connectivity index (χ0v) is 15.0. The molecule has 0 atom stereocenters. The number of phenols is 1. The van der Waals surface area contributed by atoms with Gasteiger partial charge in [0.25, 0.3) is 0 Å². The quantitative estimate of drug-likeness (QED) is 0.589. The smallest absolute Gasteiger partial charge is 0.148 e. The topological polar surface area (TPSA) is 58.3 Å². The van der Waals surface area contributed by atoms with Gasteiger partial charge in [0.05, 0.1) is 5.69 Å². The van der Waals surface area contributed by atoms with Crippen LogP contribution in [0.5, 0.6) is 5.75 Å². The van der Waals surface area contributed by atoms with E-state index in [1.54, 1.807) is 0 Å². The summed E-state index contributed by atoms with van der Waals surface area (Å²) in [5, 5.41) is 15.8.